The van der Waals surface area contributed by atoms with E-state index in [1.165, 1.54) is 12.8 Å². The van der Waals surface area contributed by atoms with Crippen molar-refractivity contribution >= 4 is 17.3 Å². The Labute approximate surface area is 226 Å². The van der Waals surface area contributed by atoms with E-state index in [0.717, 1.165) is 64.7 Å². The highest BCUT2D eigenvalue weighted by atomic mass is 16.4. The van der Waals surface area contributed by atoms with Gasteiger partial charge >= 0.3 is 5.97 Å². The van der Waals surface area contributed by atoms with Crippen molar-refractivity contribution in [3.05, 3.63) is 78.4 Å². The van der Waals surface area contributed by atoms with Crippen LogP contribution in [0.25, 0.3) is 33.9 Å². The van der Waals surface area contributed by atoms with Gasteiger partial charge in [0.1, 0.15) is 5.82 Å². The van der Waals surface area contributed by atoms with Gasteiger partial charge in [-0.3, -0.25) is 0 Å². The van der Waals surface area contributed by atoms with E-state index in [9.17, 15) is 9.90 Å². The van der Waals surface area contributed by atoms with E-state index in [1.807, 2.05) is 40.3 Å². The largest absolute Gasteiger partial charge is 0.478 e. The molecule has 0 amide bonds. The SMILES string of the molecule is CCCCCCn1c(-c2ccc(C(=O)O)cc2)nc(-c2ccc(N(C)C)cc2)c1-c1ccc(N(C)C)cc1. The summed E-state index contributed by atoms with van der Waals surface area (Å²) in [7, 11) is 8.17. The van der Waals surface area contributed by atoms with Crippen molar-refractivity contribution in [3.63, 3.8) is 0 Å². The lowest BCUT2D eigenvalue weighted by atomic mass is 10.0. The molecule has 0 aliphatic carbocycles. The predicted molar refractivity (Wildman–Crippen MR) is 158 cm³/mol. The van der Waals surface area contributed by atoms with Crippen LogP contribution in [0.4, 0.5) is 11.4 Å². The zero-order valence-corrected chi connectivity index (χ0v) is 23.1. The molecule has 4 rings (SSSR count). The number of carboxylic acids is 1. The van der Waals surface area contributed by atoms with Crippen molar-refractivity contribution in [1.82, 2.24) is 9.55 Å². The fourth-order valence-electron chi connectivity index (χ4n) is 4.68. The van der Waals surface area contributed by atoms with Gasteiger partial charge in [0.25, 0.3) is 0 Å². The first-order chi connectivity index (χ1) is 18.3. The molecule has 6 nitrogen and oxygen atoms in total. The third-order valence-electron chi connectivity index (χ3n) is 6.91. The molecule has 0 aliphatic rings. The van der Waals surface area contributed by atoms with Crippen LogP contribution < -0.4 is 9.80 Å². The summed E-state index contributed by atoms with van der Waals surface area (Å²) in [6.07, 6.45) is 4.57. The number of carbonyl (C=O) groups is 1. The Morgan fingerprint density at radius 2 is 1.26 bits per heavy atom. The van der Waals surface area contributed by atoms with Crippen molar-refractivity contribution in [2.24, 2.45) is 0 Å². The van der Waals surface area contributed by atoms with E-state index in [1.54, 1.807) is 12.1 Å². The van der Waals surface area contributed by atoms with Gasteiger partial charge in [-0.05, 0) is 42.8 Å². The molecular weight excluding hydrogens is 472 g/mol. The third-order valence-corrected chi connectivity index (χ3v) is 6.91. The lowest BCUT2D eigenvalue weighted by molar-refractivity contribution is 0.0697. The number of carboxylic acid groups (broad SMARTS) is 1. The average molecular weight is 511 g/mol. The second-order valence-electron chi connectivity index (χ2n) is 10.1. The zero-order valence-electron chi connectivity index (χ0n) is 23.1. The van der Waals surface area contributed by atoms with E-state index in [4.69, 9.17) is 4.98 Å². The quantitative estimate of drug-likeness (QED) is 0.215. The molecule has 1 N–H and O–H groups in total. The summed E-state index contributed by atoms with van der Waals surface area (Å²) >= 11 is 0. The van der Waals surface area contributed by atoms with E-state index in [2.05, 4.69) is 69.8 Å². The molecule has 0 bridgehead atoms. The molecule has 0 spiro atoms. The van der Waals surface area contributed by atoms with E-state index < -0.39 is 5.97 Å². The van der Waals surface area contributed by atoms with Crippen LogP contribution in [0.3, 0.4) is 0 Å². The summed E-state index contributed by atoms with van der Waals surface area (Å²) in [6, 6.07) is 24.2. The molecule has 4 aromatic rings. The Balaban J connectivity index is 1.91. The van der Waals surface area contributed by atoms with Gasteiger partial charge in [0.2, 0.25) is 0 Å². The summed E-state index contributed by atoms with van der Waals surface area (Å²) in [5.74, 6) is -0.0698. The van der Waals surface area contributed by atoms with Crippen LogP contribution in [-0.2, 0) is 6.54 Å². The molecule has 0 fully saturated rings. The minimum atomic E-state index is -0.928. The molecule has 198 valence electrons. The second-order valence-corrected chi connectivity index (χ2v) is 10.1. The van der Waals surface area contributed by atoms with E-state index >= 15 is 0 Å². The maximum absolute atomic E-state index is 11.5. The smallest absolute Gasteiger partial charge is 0.335 e. The van der Waals surface area contributed by atoms with Crippen LogP contribution in [-0.4, -0.2) is 48.8 Å². The number of rotatable bonds is 11. The van der Waals surface area contributed by atoms with Crippen molar-refractivity contribution in [3.8, 4) is 33.9 Å². The summed E-state index contributed by atoms with van der Waals surface area (Å²) in [4.78, 5) is 20.9. The van der Waals surface area contributed by atoms with Crippen LogP contribution in [0, 0.1) is 0 Å². The fraction of sp³-hybridized carbons (Fsp3) is 0.312. The standard InChI is InChI=1S/C32H38N4O2/c1-6-7-8-9-22-36-30(24-16-20-28(21-17-24)35(4)5)29(23-14-18-27(19-15-23)34(2)3)33-31(36)25-10-12-26(13-11-25)32(37)38/h10-21H,6-9,22H2,1-5H3,(H,37,38). The lowest BCUT2D eigenvalue weighted by Gasteiger charge is -2.16. The van der Waals surface area contributed by atoms with Gasteiger partial charge in [0, 0.05) is 62.8 Å². The Morgan fingerprint density at radius 1 is 0.737 bits per heavy atom. The first kappa shape index (κ1) is 27.0. The van der Waals surface area contributed by atoms with Crippen LogP contribution in [0.1, 0.15) is 43.0 Å². The predicted octanol–water partition coefficient (Wildman–Crippen LogP) is 7.29. The lowest BCUT2D eigenvalue weighted by Crippen LogP contribution is -2.08. The van der Waals surface area contributed by atoms with Crippen LogP contribution >= 0.6 is 0 Å². The molecule has 1 heterocycles. The number of hydrogen-bond acceptors (Lipinski definition) is 4. The first-order valence-electron chi connectivity index (χ1n) is 13.3. The number of benzene rings is 3. The van der Waals surface area contributed by atoms with Gasteiger partial charge in [-0.15, -0.1) is 0 Å². The van der Waals surface area contributed by atoms with Crippen molar-refractivity contribution in [2.75, 3.05) is 38.0 Å². The Hall–Kier alpha value is -4.06. The Bertz CT molecular complexity index is 1350. The first-order valence-corrected chi connectivity index (χ1v) is 13.3. The van der Waals surface area contributed by atoms with Crippen LogP contribution in [0.15, 0.2) is 72.8 Å². The van der Waals surface area contributed by atoms with Crippen LogP contribution in [0.5, 0.6) is 0 Å². The molecule has 0 unspecified atom stereocenters. The summed E-state index contributed by atoms with van der Waals surface area (Å²) < 4.78 is 2.32. The molecule has 0 atom stereocenters. The third kappa shape index (κ3) is 5.91. The highest BCUT2D eigenvalue weighted by Gasteiger charge is 2.21. The molecule has 3 aromatic carbocycles. The molecule has 38 heavy (non-hydrogen) atoms. The number of hydrogen-bond donors (Lipinski definition) is 1. The molecule has 0 aliphatic heterocycles. The number of anilines is 2. The van der Waals surface area contributed by atoms with Gasteiger partial charge in [0.05, 0.1) is 17.0 Å². The fourth-order valence-corrected chi connectivity index (χ4v) is 4.68. The Morgan fingerprint density at radius 3 is 1.76 bits per heavy atom. The molecule has 0 radical (unpaired) electrons. The zero-order chi connectivity index (χ0) is 27.2. The maximum Gasteiger partial charge on any atom is 0.335 e. The highest BCUT2D eigenvalue weighted by Crippen LogP contribution is 2.38. The van der Waals surface area contributed by atoms with Crippen molar-refractivity contribution < 1.29 is 9.90 Å². The van der Waals surface area contributed by atoms with Gasteiger partial charge in [-0.1, -0.05) is 62.6 Å². The number of aromatic carboxylic acids is 1. The van der Waals surface area contributed by atoms with Gasteiger partial charge in [-0.2, -0.15) is 0 Å². The molecule has 6 heteroatoms. The number of aromatic nitrogens is 2. The minimum Gasteiger partial charge on any atom is -0.478 e. The number of unbranched alkanes of at least 4 members (excludes halogenated alkanes) is 3. The molecular formula is C32H38N4O2. The number of imidazole rings is 1. The van der Waals surface area contributed by atoms with Gasteiger partial charge < -0.3 is 19.5 Å². The monoisotopic (exact) mass is 510 g/mol. The summed E-state index contributed by atoms with van der Waals surface area (Å²) in [6.45, 7) is 3.06. The topological polar surface area (TPSA) is 61.6 Å². The highest BCUT2D eigenvalue weighted by molar-refractivity contribution is 5.88. The van der Waals surface area contributed by atoms with Crippen molar-refractivity contribution in [1.29, 1.82) is 0 Å². The summed E-state index contributed by atoms with van der Waals surface area (Å²) in [5, 5.41) is 9.41. The van der Waals surface area contributed by atoms with Crippen molar-refractivity contribution in [2.45, 2.75) is 39.2 Å². The second kappa shape index (κ2) is 12.0. The summed E-state index contributed by atoms with van der Waals surface area (Å²) in [5.41, 5.74) is 7.64. The molecule has 0 saturated carbocycles. The van der Waals surface area contributed by atoms with Gasteiger partial charge in [-0.25, -0.2) is 9.78 Å². The minimum absolute atomic E-state index is 0.272. The normalized spacial score (nSPS) is 11.0. The van der Waals surface area contributed by atoms with E-state index in [-0.39, 0.29) is 5.56 Å². The Kier molecular flexibility index (Phi) is 8.52. The number of nitrogens with zero attached hydrogens (tertiary/aromatic N) is 4. The maximum atomic E-state index is 11.5. The molecule has 1 aromatic heterocycles. The van der Waals surface area contributed by atoms with Gasteiger partial charge in [0.15, 0.2) is 0 Å². The van der Waals surface area contributed by atoms with E-state index in [0.29, 0.717) is 0 Å². The average Bonchev–Trinajstić information content (AvgIpc) is 3.30. The molecule has 0 saturated heterocycles. The van der Waals surface area contributed by atoms with Crippen LogP contribution in [0.2, 0.25) is 0 Å².